The molecule has 0 unspecified atom stereocenters. The molecule has 0 saturated heterocycles. The second-order valence-electron chi connectivity index (χ2n) is 3.63. The smallest absolute Gasteiger partial charge is 0.358 e. The molecule has 0 spiro atoms. The molecule has 0 aromatic carbocycles. The van der Waals surface area contributed by atoms with E-state index in [1.54, 1.807) is 0 Å². The van der Waals surface area contributed by atoms with Crippen LogP contribution in [0.2, 0.25) is 0 Å². The third kappa shape index (κ3) is 1.93. The number of aromatic nitrogens is 1. The number of nitrogens with zero attached hydrogens (tertiary/aromatic N) is 2. The van der Waals surface area contributed by atoms with Crippen molar-refractivity contribution >= 4 is 5.97 Å². The van der Waals surface area contributed by atoms with Gasteiger partial charge in [0, 0.05) is 12.1 Å². The summed E-state index contributed by atoms with van der Waals surface area (Å²) >= 11 is 0. The van der Waals surface area contributed by atoms with Crippen LogP contribution in [0, 0.1) is 0 Å². The summed E-state index contributed by atoms with van der Waals surface area (Å²) in [6, 6.07) is 2.11. The molecule has 0 bridgehead atoms. The van der Waals surface area contributed by atoms with Gasteiger partial charge in [0.15, 0.2) is 11.5 Å². The maximum absolute atomic E-state index is 10.5. The Balaban J connectivity index is 1.98. The van der Waals surface area contributed by atoms with E-state index in [1.165, 1.54) is 18.9 Å². The highest BCUT2D eigenvalue weighted by atomic mass is 16.5. The lowest BCUT2D eigenvalue weighted by atomic mass is 10.3. The first-order valence-corrected chi connectivity index (χ1v) is 4.56. The Morgan fingerprint density at radius 1 is 1.79 bits per heavy atom. The number of carbonyl (C=O) groups is 1. The highest BCUT2D eigenvalue weighted by Gasteiger charge is 2.27. The molecule has 1 saturated carbocycles. The minimum absolute atomic E-state index is 0.0239. The average Bonchev–Trinajstić information content (AvgIpc) is 2.87. The lowest BCUT2D eigenvalue weighted by Gasteiger charge is -2.12. The normalized spacial score (nSPS) is 16.1. The first kappa shape index (κ1) is 9.21. The molecule has 1 heterocycles. The van der Waals surface area contributed by atoms with Crippen LogP contribution < -0.4 is 0 Å². The van der Waals surface area contributed by atoms with Gasteiger partial charge >= 0.3 is 5.97 Å². The van der Waals surface area contributed by atoms with Gasteiger partial charge in [0.1, 0.15) is 0 Å². The summed E-state index contributed by atoms with van der Waals surface area (Å²) in [5.74, 6) is -0.439. The SMILES string of the molecule is CN(Cc1cc(C(=O)O)no1)C1CC1. The van der Waals surface area contributed by atoms with Crippen molar-refractivity contribution in [2.24, 2.45) is 0 Å². The predicted octanol–water partition coefficient (Wildman–Crippen LogP) is 0.967. The number of aromatic carboxylic acids is 1. The summed E-state index contributed by atoms with van der Waals surface area (Å²) in [5, 5.41) is 12.1. The van der Waals surface area contributed by atoms with Gasteiger partial charge in [0.25, 0.3) is 0 Å². The van der Waals surface area contributed by atoms with Crippen LogP contribution in [0.3, 0.4) is 0 Å². The van der Waals surface area contributed by atoms with E-state index in [1.807, 2.05) is 7.05 Å². The van der Waals surface area contributed by atoms with Gasteiger partial charge in [-0.05, 0) is 19.9 Å². The molecule has 1 N–H and O–H groups in total. The van der Waals surface area contributed by atoms with Gasteiger partial charge in [-0.2, -0.15) is 0 Å². The van der Waals surface area contributed by atoms with Crippen LogP contribution in [-0.4, -0.2) is 34.2 Å². The molecule has 5 nitrogen and oxygen atoms in total. The average molecular weight is 196 g/mol. The van der Waals surface area contributed by atoms with Crippen molar-refractivity contribution in [1.29, 1.82) is 0 Å². The lowest BCUT2D eigenvalue weighted by molar-refractivity contribution is 0.0685. The summed E-state index contributed by atoms with van der Waals surface area (Å²) in [4.78, 5) is 12.7. The highest BCUT2D eigenvalue weighted by Crippen LogP contribution is 2.26. The van der Waals surface area contributed by atoms with Gasteiger partial charge in [-0.3, -0.25) is 4.90 Å². The number of rotatable bonds is 4. The maximum Gasteiger partial charge on any atom is 0.358 e. The molecule has 5 heteroatoms. The standard InChI is InChI=1S/C9H12N2O3/c1-11(6-2-3-6)5-7-4-8(9(12)13)10-14-7/h4,6H,2-3,5H2,1H3,(H,12,13). The van der Waals surface area contributed by atoms with Crippen LogP contribution in [-0.2, 0) is 6.54 Å². The highest BCUT2D eigenvalue weighted by molar-refractivity contribution is 5.85. The molecule has 0 radical (unpaired) electrons. The Morgan fingerprint density at radius 3 is 3.00 bits per heavy atom. The quantitative estimate of drug-likeness (QED) is 0.777. The fourth-order valence-electron chi connectivity index (χ4n) is 1.38. The molecule has 1 aliphatic rings. The Hall–Kier alpha value is -1.36. The predicted molar refractivity (Wildman–Crippen MR) is 48.0 cm³/mol. The van der Waals surface area contributed by atoms with E-state index in [0.29, 0.717) is 18.3 Å². The van der Waals surface area contributed by atoms with Crippen molar-refractivity contribution in [2.45, 2.75) is 25.4 Å². The van der Waals surface area contributed by atoms with Crippen LogP contribution in [0.25, 0.3) is 0 Å². The monoisotopic (exact) mass is 196 g/mol. The zero-order valence-electron chi connectivity index (χ0n) is 7.93. The van der Waals surface area contributed by atoms with Crippen molar-refractivity contribution < 1.29 is 14.4 Å². The second-order valence-corrected chi connectivity index (χ2v) is 3.63. The van der Waals surface area contributed by atoms with E-state index >= 15 is 0 Å². The van der Waals surface area contributed by atoms with Crippen molar-refractivity contribution in [2.75, 3.05) is 7.05 Å². The first-order chi connectivity index (χ1) is 6.66. The molecule has 76 valence electrons. The van der Waals surface area contributed by atoms with Gasteiger partial charge in [0.05, 0.1) is 6.54 Å². The summed E-state index contributed by atoms with van der Waals surface area (Å²) in [5.41, 5.74) is -0.0239. The fraction of sp³-hybridized carbons (Fsp3) is 0.556. The summed E-state index contributed by atoms with van der Waals surface area (Å²) in [7, 11) is 2.00. The first-order valence-electron chi connectivity index (χ1n) is 4.56. The van der Waals surface area contributed by atoms with Crippen molar-refractivity contribution in [1.82, 2.24) is 10.1 Å². The molecule has 0 atom stereocenters. The lowest BCUT2D eigenvalue weighted by Crippen LogP contribution is -2.19. The molecule has 1 aromatic heterocycles. The van der Waals surface area contributed by atoms with Gasteiger partial charge in [-0.25, -0.2) is 4.79 Å². The third-order valence-corrected chi connectivity index (χ3v) is 2.35. The number of hydrogen-bond acceptors (Lipinski definition) is 4. The summed E-state index contributed by atoms with van der Waals surface area (Å²) < 4.78 is 4.90. The molecule has 1 aromatic rings. The van der Waals surface area contributed by atoms with Crippen LogP contribution >= 0.6 is 0 Å². The molecule has 0 amide bonds. The molecule has 14 heavy (non-hydrogen) atoms. The Labute approximate surface area is 81.3 Å². The number of carboxylic acid groups (broad SMARTS) is 1. The zero-order valence-corrected chi connectivity index (χ0v) is 7.93. The van der Waals surface area contributed by atoms with E-state index in [2.05, 4.69) is 10.1 Å². The van der Waals surface area contributed by atoms with Gasteiger partial charge in [0.2, 0.25) is 0 Å². The number of carboxylic acids is 1. The Bertz CT molecular complexity index is 344. The Morgan fingerprint density at radius 2 is 2.50 bits per heavy atom. The molecular weight excluding hydrogens is 184 g/mol. The van der Waals surface area contributed by atoms with Gasteiger partial charge < -0.3 is 9.63 Å². The third-order valence-electron chi connectivity index (χ3n) is 2.35. The minimum Gasteiger partial charge on any atom is -0.476 e. The number of hydrogen-bond donors (Lipinski definition) is 1. The largest absolute Gasteiger partial charge is 0.476 e. The van der Waals surface area contributed by atoms with E-state index in [9.17, 15) is 4.79 Å². The van der Waals surface area contributed by atoms with Crippen LogP contribution in [0.1, 0.15) is 29.1 Å². The summed E-state index contributed by atoms with van der Waals surface area (Å²) in [6.45, 7) is 0.630. The van der Waals surface area contributed by atoms with Crippen molar-refractivity contribution in [3.63, 3.8) is 0 Å². The molecule has 2 rings (SSSR count). The minimum atomic E-state index is -1.05. The topological polar surface area (TPSA) is 66.6 Å². The zero-order chi connectivity index (χ0) is 10.1. The molecule has 1 aliphatic carbocycles. The fourth-order valence-corrected chi connectivity index (χ4v) is 1.38. The second kappa shape index (κ2) is 3.42. The van der Waals surface area contributed by atoms with E-state index in [0.717, 1.165) is 0 Å². The molecule has 0 aliphatic heterocycles. The van der Waals surface area contributed by atoms with Crippen LogP contribution in [0.4, 0.5) is 0 Å². The maximum atomic E-state index is 10.5. The van der Waals surface area contributed by atoms with E-state index < -0.39 is 5.97 Å². The van der Waals surface area contributed by atoms with E-state index in [4.69, 9.17) is 9.63 Å². The molecular formula is C9H12N2O3. The van der Waals surface area contributed by atoms with Gasteiger partial charge in [-0.15, -0.1) is 0 Å². The van der Waals surface area contributed by atoms with Crippen LogP contribution in [0.5, 0.6) is 0 Å². The summed E-state index contributed by atoms with van der Waals surface area (Å²) in [6.07, 6.45) is 2.44. The van der Waals surface area contributed by atoms with Crippen molar-refractivity contribution in [3.8, 4) is 0 Å². The Kier molecular flexibility index (Phi) is 2.25. The van der Waals surface area contributed by atoms with Crippen LogP contribution in [0.15, 0.2) is 10.6 Å². The van der Waals surface area contributed by atoms with Gasteiger partial charge in [-0.1, -0.05) is 5.16 Å². The van der Waals surface area contributed by atoms with E-state index in [-0.39, 0.29) is 5.69 Å². The molecule has 1 fully saturated rings. The van der Waals surface area contributed by atoms with Crippen molar-refractivity contribution in [3.05, 3.63) is 17.5 Å².